The Morgan fingerprint density at radius 3 is 2.34 bits per heavy atom. The van der Waals surface area contributed by atoms with Crippen LogP contribution in [0.3, 0.4) is 0 Å². The number of thiazole rings is 1. The highest BCUT2D eigenvalue weighted by Crippen LogP contribution is 2.29. The van der Waals surface area contributed by atoms with Crippen LogP contribution in [0.2, 0.25) is 0 Å². The molecule has 0 aliphatic heterocycles. The fourth-order valence-corrected chi connectivity index (χ4v) is 3.31. The summed E-state index contributed by atoms with van der Waals surface area (Å²) >= 11 is 0.923. The molecule has 2 aromatic rings. The van der Waals surface area contributed by atoms with Gasteiger partial charge >= 0.3 is 6.18 Å². The normalized spacial score (nSPS) is 11.8. The van der Waals surface area contributed by atoms with Gasteiger partial charge in [-0.3, -0.25) is 4.99 Å². The summed E-state index contributed by atoms with van der Waals surface area (Å²) in [4.78, 5) is 9.50. The second-order valence-corrected chi connectivity index (χ2v) is 6.80. The largest absolute Gasteiger partial charge is 0.434 e. The average molecular weight is 545 g/mol. The molecule has 0 aliphatic carbocycles. The highest BCUT2D eigenvalue weighted by atomic mass is 127. The quantitative estimate of drug-likeness (QED) is 0.231. The molecule has 29 heavy (non-hydrogen) atoms. The lowest BCUT2D eigenvalue weighted by Gasteiger charge is -2.22. The lowest BCUT2D eigenvalue weighted by atomic mass is 10.2. The van der Waals surface area contributed by atoms with Gasteiger partial charge in [0.1, 0.15) is 10.8 Å². The topological polar surface area (TPSA) is 52.5 Å². The van der Waals surface area contributed by atoms with Gasteiger partial charge in [0.25, 0.3) is 0 Å². The van der Waals surface area contributed by atoms with Crippen LogP contribution in [0.25, 0.3) is 0 Å². The highest BCUT2D eigenvalue weighted by Gasteiger charge is 2.33. The monoisotopic (exact) mass is 545 g/mol. The van der Waals surface area contributed by atoms with E-state index in [0.717, 1.165) is 22.3 Å². The molecule has 0 spiro atoms. The molecule has 0 aliphatic rings. The van der Waals surface area contributed by atoms with E-state index in [1.165, 1.54) is 6.07 Å². The van der Waals surface area contributed by atoms with Gasteiger partial charge in [-0.25, -0.2) is 9.37 Å². The van der Waals surface area contributed by atoms with Crippen LogP contribution >= 0.6 is 35.3 Å². The molecule has 0 saturated carbocycles. The summed E-state index contributed by atoms with van der Waals surface area (Å²) in [5.41, 5.74) is 0.381. The van der Waals surface area contributed by atoms with Gasteiger partial charge in [-0.15, -0.1) is 35.3 Å². The Morgan fingerprint density at radius 2 is 1.83 bits per heavy atom. The van der Waals surface area contributed by atoms with Crippen molar-refractivity contribution < 1.29 is 17.6 Å². The van der Waals surface area contributed by atoms with Crippen LogP contribution in [0.4, 0.5) is 23.2 Å². The van der Waals surface area contributed by atoms with Crippen molar-refractivity contribution in [3.05, 3.63) is 45.7 Å². The zero-order valence-electron chi connectivity index (χ0n) is 16.3. The third-order valence-corrected chi connectivity index (χ3v) is 4.90. The Labute approximate surface area is 188 Å². The number of guanidine groups is 1. The maximum atomic E-state index is 14.3. The smallest absolute Gasteiger partial charge is 0.370 e. The summed E-state index contributed by atoms with van der Waals surface area (Å²) in [7, 11) is 1.54. The van der Waals surface area contributed by atoms with Gasteiger partial charge in [-0.1, -0.05) is 6.07 Å². The molecule has 2 rings (SSSR count). The van der Waals surface area contributed by atoms with E-state index >= 15 is 0 Å². The van der Waals surface area contributed by atoms with Crippen molar-refractivity contribution in [2.75, 3.05) is 25.0 Å². The molecule has 162 valence electrons. The summed E-state index contributed by atoms with van der Waals surface area (Å²) in [6, 6.07) is 5.03. The minimum Gasteiger partial charge on any atom is -0.370 e. The van der Waals surface area contributed by atoms with Gasteiger partial charge in [0.05, 0.1) is 12.2 Å². The molecule has 0 amide bonds. The van der Waals surface area contributed by atoms with E-state index in [0.29, 0.717) is 36.3 Å². The van der Waals surface area contributed by atoms with Crippen LogP contribution in [0.15, 0.2) is 28.6 Å². The van der Waals surface area contributed by atoms with Crippen LogP contribution in [-0.2, 0) is 19.3 Å². The number of halogens is 5. The van der Waals surface area contributed by atoms with E-state index < -0.39 is 11.9 Å². The number of aromatic nitrogens is 1. The van der Waals surface area contributed by atoms with E-state index in [9.17, 15) is 17.6 Å². The van der Waals surface area contributed by atoms with Gasteiger partial charge in [-0.05, 0) is 31.5 Å². The van der Waals surface area contributed by atoms with Crippen molar-refractivity contribution in [2.24, 2.45) is 4.99 Å². The third kappa shape index (κ3) is 7.28. The molecule has 0 fully saturated rings. The van der Waals surface area contributed by atoms with Crippen LogP contribution in [-0.4, -0.2) is 31.1 Å². The van der Waals surface area contributed by atoms with Gasteiger partial charge in [-0.2, -0.15) is 13.2 Å². The highest BCUT2D eigenvalue weighted by molar-refractivity contribution is 14.0. The molecule has 5 nitrogen and oxygen atoms in total. The van der Waals surface area contributed by atoms with E-state index in [4.69, 9.17) is 0 Å². The summed E-state index contributed by atoms with van der Waals surface area (Å²) in [5.74, 6) is 0.0883. The zero-order valence-corrected chi connectivity index (χ0v) is 19.5. The maximum absolute atomic E-state index is 14.3. The van der Waals surface area contributed by atoms with Gasteiger partial charge in [0, 0.05) is 32.1 Å². The van der Waals surface area contributed by atoms with Crippen LogP contribution in [0.5, 0.6) is 0 Å². The summed E-state index contributed by atoms with van der Waals surface area (Å²) in [5, 5.41) is 7.19. The number of benzene rings is 1. The number of alkyl halides is 3. The molecule has 0 radical (unpaired) electrons. The average Bonchev–Trinajstić information content (AvgIpc) is 3.14. The van der Waals surface area contributed by atoms with Crippen molar-refractivity contribution in [2.45, 2.75) is 33.1 Å². The number of rotatable bonds is 7. The molecule has 2 N–H and O–H groups in total. The molecular weight excluding hydrogens is 521 g/mol. The maximum Gasteiger partial charge on any atom is 0.434 e. The molecule has 0 bridgehead atoms. The van der Waals surface area contributed by atoms with Gasteiger partial charge < -0.3 is 15.5 Å². The minimum absolute atomic E-state index is 0. The summed E-state index contributed by atoms with van der Waals surface area (Å²) in [6.45, 7) is 5.79. The van der Waals surface area contributed by atoms with E-state index in [1.54, 1.807) is 13.1 Å². The Hall–Kier alpha value is -1.63. The molecule has 11 heteroatoms. The lowest BCUT2D eigenvalue weighted by molar-refractivity contribution is -0.140. The lowest BCUT2D eigenvalue weighted by Crippen LogP contribution is -2.36. The Bertz CT molecular complexity index is 806. The number of hydrogen-bond donors (Lipinski definition) is 2. The van der Waals surface area contributed by atoms with Crippen LogP contribution < -0.4 is 15.5 Å². The number of aliphatic imine (C=N–C) groups is 1. The second kappa shape index (κ2) is 11.5. The molecular formula is C18H24F4IN5S. The molecule has 0 saturated heterocycles. The first-order chi connectivity index (χ1) is 13.3. The third-order valence-electron chi connectivity index (χ3n) is 4.05. The van der Waals surface area contributed by atoms with Crippen molar-refractivity contribution in [3.8, 4) is 0 Å². The Balaban J connectivity index is 0.00000420. The van der Waals surface area contributed by atoms with Gasteiger partial charge in [0.2, 0.25) is 0 Å². The first-order valence-electron chi connectivity index (χ1n) is 8.77. The Morgan fingerprint density at radius 1 is 1.17 bits per heavy atom. The molecule has 0 atom stereocenters. The standard InChI is InChI=1S/C18H23F4N5S.HI/c1-4-27(5-2)14-7-6-12(8-13(14)19)9-24-17(23-3)25-10-16-26-15(11-28-16)18(20,21)22;/h6-8,11H,4-5,9-10H2,1-3H3,(H2,23,24,25);1H. The predicted molar refractivity (Wildman–Crippen MR) is 120 cm³/mol. The number of nitrogens with zero attached hydrogens (tertiary/aromatic N) is 3. The van der Waals surface area contributed by atoms with Crippen LogP contribution in [0.1, 0.15) is 30.1 Å². The van der Waals surface area contributed by atoms with Crippen molar-refractivity contribution in [1.29, 1.82) is 0 Å². The predicted octanol–water partition coefficient (Wildman–Crippen LogP) is 4.63. The molecule has 1 aromatic carbocycles. The summed E-state index contributed by atoms with van der Waals surface area (Å²) in [6.07, 6.45) is -4.45. The van der Waals surface area contributed by atoms with Crippen molar-refractivity contribution in [1.82, 2.24) is 15.6 Å². The fraction of sp³-hybridized carbons (Fsp3) is 0.444. The fourth-order valence-electron chi connectivity index (χ4n) is 2.57. The van der Waals surface area contributed by atoms with E-state index in [1.807, 2.05) is 24.8 Å². The SMILES string of the molecule is CCN(CC)c1ccc(CNC(=NC)NCc2nc(C(F)(F)F)cs2)cc1F.I. The molecule has 1 heterocycles. The minimum atomic E-state index is -4.45. The van der Waals surface area contributed by atoms with E-state index in [2.05, 4.69) is 20.6 Å². The number of nitrogens with one attached hydrogen (secondary N) is 2. The van der Waals surface area contributed by atoms with Gasteiger partial charge in [0.15, 0.2) is 11.7 Å². The molecule has 1 aromatic heterocycles. The van der Waals surface area contributed by atoms with E-state index in [-0.39, 0.29) is 36.3 Å². The van der Waals surface area contributed by atoms with Crippen molar-refractivity contribution in [3.63, 3.8) is 0 Å². The molecule has 0 unspecified atom stereocenters. The first-order valence-corrected chi connectivity index (χ1v) is 9.65. The first kappa shape index (κ1) is 25.4. The second-order valence-electron chi connectivity index (χ2n) is 5.86. The summed E-state index contributed by atoms with van der Waals surface area (Å²) < 4.78 is 52.1. The number of anilines is 1. The number of hydrogen-bond acceptors (Lipinski definition) is 4. The van der Waals surface area contributed by atoms with Crippen molar-refractivity contribution >= 4 is 47.0 Å². The Kier molecular flexibility index (Phi) is 10.1. The van der Waals surface area contributed by atoms with Crippen LogP contribution in [0, 0.1) is 5.82 Å². The zero-order chi connectivity index (χ0) is 20.7.